The average molecular weight is 201 g/mol. The highest BCUT2D eigenvalue weighted by atomic mass is 16.5. The first-order valence-corrected chi connectivity index (χ1v) is 4.72. The number of aliphatic hydroxyl groups is 1. The number of methoxy groups -OCH3 is 1. The molecule has 1 atom stereocenters. The van der Waals surface area contributed by atoms with Gasteiger partial charge in [-0.3, -0.25) is 4.79 Å². The van der Waals surface area contributed by atoms with Crippen molar-refractivity contribution in [2.24, 2.45) is 0 Å². The Kier molecular flexibility index (Phi) is 3.88. The van der Waals surface area contributed by atoms with Gasteiger partial charge in [0.25, 0.3) is 0 Å². The molecular formula is C9H15NO4. The molecule has 1 saturated heterocycles. The molecule has 5 heteroatoms. The first-order chi connectivity index (χ1) is 6.66. The molecule has 1 unspecified atom stereocenters. The van der Waals surface area contributed by atoms with Gasteiger partial charge >= 0.3 is 5.97 Å². The maximum Gasteiger partial charge on any atom is 0.356 e. The second-order valence-electron chi connectivity index (χ2n) is 3.29. The van der Waals surface area contributed by atoms with Crippen LogP contribution in [0.2, 0.25) is 0 Å². The third-order valence-electron chi connectivity index (χ3n) is 2.32. The predicted molar refractivity (Wildman–Crippen MR) is 48.2 cm³/mol. The summed E-state index contributed by atoms with van der Waals surface area (Å²) in [7, 11) is 1.19. The molecule has 1 aliphatic heterocycles. The summed E-state index contributed by atoms with van der Waals surface area (Å²) in [5.41, 5.74) is 0. The summed E-state index contributed by atoms with van der Waals surface area (Å²) in [4.78, 5) is 23.6. The molecule has 0 aliphatic carbocycles. The van der Waals surface area contributed by atoms with Crippen LogP contribution in [-0.2, 0) is 14.3 Å². The van der Waals surface area contributed by atoms with Crippen molar-refractivity contribution in [2.45, 2.75) is 31.9 Å². The molecule has 1 aliphatic rings. The van der Waals surface area contributed by atoms with Gasteiger partial charge in [-0.2, -0.15) is 0 Å². The van der Waals surface area contributed by atoms with Crippen LogP contribution in [0, 0.1) is 0 Å². The molecular weight excluding hydrogens is 186 g/mol. The molecule has 1 N–H and O–H groups in total. The molecule has 0 radical (unpaired) electrons. The Bertz CT molecular complexity index is 229. The number of esters is 1. The van der Waals surface area contributed by atoms with Crippen LogP contribution in [0.3, 0.4) is 0 Å². The van der Waals surface area contributed by atoms with Gasteiger partial charge in [-0.05, 0) is 12.8 Å². The molecule has 5 nitrogen and oxygen atoms in total. The summed E-state index contributed by atoms with van der Waals surface area (Å²) in [6.45, 7) is 0.426. The number of carbonyl (C=O) groups excluding carboxylic acids is 2. The number of likely N-dealkylation sites (tertiary alicyclic amines) is 1. The van der Waals surface area contributed by atoms with E-state index in [-0.39, 0.29) is 5.91 Å². The molecule has 0 bridgehead atoms. The second kappa shape index (κ2) is 4.95. The Morgan fingerprint density at radius 2 is 2.21 bits per heavy atom. The molecule has 80 valence electrons. The number of aliphatic hydroxyl groups excluding tert-OH is 1. The van der Waals surface area contributed by atoms with E-state index >= 15 is 0 Å². The minimum absolute atomic E-state index is 0.180. The zero-order valence-electron chi connectivity index (χ0n) is 8.23. The van der Waals surface area contributed by atoms with E-state index in [9.17, 15) is 14.7 Å². The van der Waals surface area contributed by atoms with E-state index in [0.717, 1.165) is 19.3 Å². The maximum absolute atomic E-state index is 11.4. The highest BCUT2D eigenvalue weighted by Gasteiger charge is 2.28. The Morgan fingerprint density at radius 3 is 2.86 bits per heavy atom. The number of nitrogens with zero attached hydrogens (tertiary/aromatic N) is 1. The molecule has 0 aromatic rings. The first kappa shape index (κ1) is 11.0. The highest BCUT2D eigenvalue weighted by molar-refractivity contribution is 5.83. The van der Waals surface area contributed by atoms with Gasteiger partial charge in [0.1, 0.15) is 0 Å². The molecule has 0 aromatic carbocycles. The zero-order chi connectivity index (χ0) is 10.6. The summed E-state index contributed by atoms with van der Waals surface area (Å²) in [6.07, 6.45) is 1.55. The van der Waals surface area contributed by atoms with E-state index < -0.39 is 12.2 Å². The minimum Gasteiger partial charge on any atom is -0.466 e. The second-order valence-corrected chi connectivity index (χ2v) is 3.29. The van der Waals surface area contributed by atoms with Gasteiger partial charge in [0.2, 0.25) is 12.1 Å². The molecule has 1 heterocycles. The number of hydrogen-bond acceptors (Lipinski definition) is 4. The van der Waals surface area contributed by atoms with Crippen LogP contribution in [0.4, 0.5) is 0 Å². The van der Waals surface area contributed by atoms with E-state index in [1.165, 1.54) is 12.0 Å². The SMILES string of the molecule is COC(=O)C(O)N1CCCCCC1=O. The fourth-order valence-corrected chi connectivity index (χ4v) is 1.49. The smallest absolute Gasteiger partial charge is 0.356 e. The summed E-state index contributed by atoms with van der Waals surface area (Å²) in [5, 5.41) is 9.47. The van der Waals surface area contributed by atoms with Crippen molar-refractivity contribution in [3.8, 4) is 0 Å². The lowest BCUT2D eigenvalue weighted by molar-refractivity contribution is -0.167. The number of amides is 1. The molecule has 0 spiro atoms. The van der Waals surface area contributed by atoms with Gasteiger partial charge < -0.3 is 14.7 Å². The number of rotatable bonds is 2. The lowest BCUT2D eigenvalue weighted by Crippen LogP contribution is -2.45. The van der Waals surface area contributed by atoms with Crippen LogP contribution < -0.4 is 0 Å². The molecule has 14 heavy (non-hydrogen) atoms. The van der Waals surface area contributed by atoms with Crippen LogP contribution >= 0.6 is 0 Å². The van der Waals surface area contributed by atoms with E-state index in [0.29, 0.717) is 13.0 Å². The fourth-order valence-electron chi connectivity index (χ4n) is 1.49. The van der Waals surface area contributed by atoms with Crippen molar-refractivity contribution in [3.05, 3.63) is 0 Å². The topological polar surface area (TPSA) is 66.8 Å². The van der Waals surface area contributed by atoms with E-state index in [1.807, 2.05) is 0 Å². The number of carbonyl (C=O) groups is 2. The lowest BCUT2D eigenvalue weighted by Gasteiger charge is -2.24. The van der Waals surface area contributed by atoms with E-state index in [1.54, 1.807) is 0 Å². The third kappa shape index (κ3) is 2.45. The van der Waals surface area contributed by atoms with Crippen LogP contribution in [0.5, 0.6) is 0 Å². The normalized spacial score (nSPS) is 20.1. The lowest BCUT2D eigenvalue weighted by atomic mass is 10.2. The van der Waals surface area contributed by atoms with Gasteiger partial charge in [-0.15, -0.1) is 0 Å². The van der Waals surface area contributed by atoms with E-state index in [2.05, 4.69) is 4.74 Å². The van der Waals surface area contributed by atoms with Gasteiger partial charge in [-0.25, -0.2) is 4.79 Å². The van der Waals surface area contributed by atoms with E-state index in [4.69, 9.17) is 0 Å². The summed E-state index contributed by atoms with van der Waals surface area (Å²) in [5.74, 6) is -0.958. The molecule has 1 amide bonds. The highest BCUT2D eigenvalue weighted by Crippen LogP contribution is 2.13. The van der Waals surface area contributed by atoms with Crippen LogP contribution in [0.25, 0.3) is 0 Å². The van der Waals surface area contributed by atoms with Gasteiger partial charge in [0.15, 0.2) is 0 Å². The van der Waals surface area contributed by atoms with Gasteiger partial charge in [0, 0.05) is 13.0 Å². The third-order valence-corrected chi connectivity index (χ3v) is 2.32. The fraction of sp³-hybridized carbons (Fsp3) is 0.778. The quantitative estimate of drug-likeness (QED) is 0.632. The van der Waals surface area contributed by atoms with Crippen LogP contribution in [0.1, 0.15) is 25.7 Å². The number of hydrogen-bond donors (Lipinski definition) is 1. The largest absolute Gasteiger partial charge is 0.466 e. The van der Waals surface area contributed by atoms with Gasteiger partial charge in [-0.1, -0.05) is 6.42 Å². The summed E-state index contributed by atoms with van der Waals surface area (Å²) in [6, 6.07) is 0. The predicted octanol–water partition coefficient (Wildman–Crippen LogP) is -0.120. The molecule has 0 aromatic heterocycles. The van der Waals surface area contributed by atoms with Gasteiger partial charge in [0.05, 0.1) is 7.11 Å². The Balaban J connectivity index is 2.63. The van der Waals surface area contributed by atoms with Crippen LogP contribution in [0.15, 0.2) is 0 Å². The van der Waals surface area contributed by atoms with Crippen molar-refractivity contribution >= 4 is 11.9 Å². The standard InChI is InChI=1S/C9H15NO4/c1-14-9(13)8(12)10-6-4-2-3-5-7(10)11/h8,12H,2-6H2,1H3. The Hall–Kier alpha value is -1.10. The van der Waals surface area contributed by atoms with Crippen molar-refractivity contribution < 1.29 is 19.4 Å². The van der Waals surface area contributed by atoms with Crippen LogP contribution in [-0.4, -0.2) is 41.8 Å². The maximum atomic E-state index is 11.4. The number of ether oxygens (including phenoxy) is 1. The average Bonchev–Trinajstić information content (AvgIpc) is 2.40. The van der Waals surface area contributed by atoms with Crippen molar-refractivity contribution in [1.82, 2.24) is 4.90 Å². The van der Waals surface area contributed by atoms with Crippen molar-refractivity contribution in [1.29, 1.82) is 0 Å². The summed E-state index contributed by atoms with van der Waals surface area (Å²) < 4.78 is 4.37. The monoisotopic (exact) mass is 201 g/mol. The Morgan fingerprint density at radius 1 is 1.50 bits per heavy atom. The zero-order valence-corrected chi connectivity index (χ0v) is 8.23. The Labute approximate surface area is 82.6 Å². The van der Waals surface area contributed by atoms with Crippen molar-refractivity contribution in [3.63, 3.8) is 0 Å². The molecule has 1 fully saturated rings. The molecule has 1 rings (SSSR count). The first-order valence-electron chi connectivity index (χ1n) is 4.72. The minimum atomic E-state index is -1.44. The molecule has 0 saturated carbocycles. The summed E-state index contributed by atoms with van der Waals surface area (Å²) >= 11 is 0. The van der Waals surface area contributed by atoms with Crippen molar-refractivity contribution in [2.75, 3.05) is 13.7 Å².